The fourth-order valence-corrected chi connectivity index (χ4v) is 2.96. The molecule has 0 aliphatic rings. The molecule has 27 heavy (non-hydrogen) atoms. The molecule has 0 aliphatic carbocycles. The molecule has 2 aromatic carbocycles. The lowest BCUT2D eigenvalue weighted by molar-refractivity contribution is -0.121. The molecule has 1 heterocycles. The van der Waals surface area contributed by atoms with Crippen molar-refractivity contribution in [1.29, 1.82) is 0 Å². The van der Waals surface area contributed by atoms with Crippen molar-refractivity contribution in [1.82, 2.24) is 15.1 Å². The van der Waals surface area contributed by atoms with Crippen molar-refractivity contribution in [2.24, 2.45) is 0 Å². The van der Waals surface area contributed by atoms with Gasteiger partial charge in [0, 0.05) is 34.1 Å². The molecule has 0 saturated carbocycles. The third-order valence-corrected chi connectivity index (χ3v) is 4.70. The summed E-state index contributed by atoms with van der Waals surface area (Å²) >= 11 is 9.39. The highest BCUT2D eigenvalue weighted by molar-refractivity contribution is 9.10. The largest absolute Gasteiger partial charge is 0.352 e. The molecule has 1 aromatic heterocycles. The fraction of sp³-hybridized carbons (Fsp3) is 0.150. The Morgan fingerprint density at radius 3 is 2.63 bits per heavy atom. The number of carbonyl (C=O) groups is 1. The van der Waals surface area contributed by atoms with Gasteiger partial charge in [-0.05, 0) is 35.9 Å². The van der Waals surface area contributed by atoms with E-state index in [9.17, 15) is 9.59 Å². The maximum absolute atomic E-state index is 12.1. The topological polar surface area (TPSA) is 64.0 Å². The first-order chi connectivity index (χ1) is 13.0. The monoisotopic (exact) mass is 445 g/mol. The Labute approximate surface area is 170 Å². The number of halogens is 2. The number of hydrogen-bond acceptors (Lipinski definition) is 3. The van der Waals surface area contributed by atoms with E-state index >= 15 is 0 Å². The molecule has 1 N–H and O–H groups in total. The summed E-state index contributed by atoms with van der Waals surface area (Å²) < 4.78 is 2.29. The molecule has 3 aromatic rings. The van der Waals surface area contributed by atoms with Gasteiger partial charge < -0.3 is 5.32 Å². The molecule has 0 atom stereocenters. The Morgan fingerprint density at radius 2 is 1.89 bits per heavy atom. The third-order valence-electron chi connectivity index (χ3n) is 3.94. The maximum atomic E-state index is 12.1. The summed E-state index contributed by atoms with van der Waals surface area (Å²) in [6.07, 6.45) is 0.169. The SMILES string of the molecule is O=C(CCn1nc(-c2cccc(Cl)c2)ccc1=O)NCc1ccc(Br)cc1. The van der Waals surface area contributed by atoms with Crippen LogP contribution in [-0.2, 0) is 17.9 Å². The summed E-state index contributed by atoms with van der Waals surface area (Å²) in [7, 11) is 0. The molecule has 0 spiro atoms. The molecule has 0 radical (unpaired) electrons. The highest BCUT2D eigenvalue weighted by Crippen LogP contribution is 2.19. The van der Waals surface area contributed by atoms with Crippen LogP contribution >= 0.6 is 27.5 Å². The van der Waals surface area contributed by atoms with Crippen LogP contribution in [0.5, 0.6) is 0 Å². The van der Waals surface area contributed by atoms with Crippen molar-refractivity contribution in [2.45, 2.75) is 19.5 Å². The highest BCUT2D eigenvalue weighted by atomic mass is 79.9. The van der Waals surface area contributed by atoms with Gasteiger partial charge in [0.05, 0.1) is 12.2 Å². The quantitative estimate of drug-likeness (QED) is 0.622. The van der Waals surface area contributed by atoms with E-state index in [4.69, 9.17) is 11.6 Å². The predicted octanol–water partition coefficient (Wildman–Crippen LogP) is 4.03. The predicted molar refractivity (Wildman–Crippen MR) is 110 cm³/mol. The smallest absolute Gasteiger partial charge is 0.266 e. The van der Waals surface area contributed by atoms with Gasteiger partial charge in [0.2, 0.25) is 5.91 Å². The molecule has 0 bridgehead atoms. The van der Waals surface area contributed by atoms with Crippen molar-refractivity contribution in [3.63, 3.8) is 0 Å². The summed E-state index contributed by atoms with van der Waals surface area (Å²) in [5.41, 5.74) is 2.20. The third kappa shape index (κ3) is 5.52. The van der Waals surface area contributed by atoms with Gasteiger partial charge >= 0.3 is 0 Å². The van der Waals surface area contributed by atoms with E-state index in [-0.39, 0.29) is 24.4 Å². The molecule has 5 nitrogen and oxygen atoms in total. The first-order valence-corrected chi connectivity index (χ1v) is 9.53. The Balaban J connectivity index is 1.61. The van der Waals surface area contributed by atoms with Crippen LogP contribution in [0, 0.1) is 0 Å². The number of carbonyl (C=O) groups excluding carboxylic acids is 1. The summed E-state index contributed by atoms with van der Waals surface area (Å²) in [6, 6.07) is 18.1. The van der Waals surface area contributed by atoms with E-state index in [0.717, 1.165) is 15.6 Å². The van der Waals surface area contributed by atoms with Crippen LogP contribution in [0.4, 0.5) is 0 Å². The molecular formula is C20H17BrClN3O2. The molecule has 7 heteroatoms. The molecule has 0 aliphatic heterocycles. The summed E-state index contributed by atoms with van der Waals surface area (Å²) in [5.74, 6) is -0.139. The zero-order valence-corrected chi connectivity index (χ0v) is 16.7. The van der Waals surface area contributed by atoms with Crippen LogP contribution in [0.2, 0.25) is 5.02 Å². The van der Waals surface area contributed by atoms with Crippen molar-refractivity contribution in [2.75, 3.05) is 0 Å². The zero-order valence-electron chi connectivity index (χ0n) is 14.4. The molecule has 1 amide bonds. The number of hydrogen-bond donors (Lipinski definition) is 1. The lowest BCUT2D eigenvalue weighted by atomic mass is 10.1. The number of amides is 1. The van der Waals surface area contributed by atoms with Crippen LogP contribution in [0.1, 0.15) is 12.0 Å². The highest BCUT2D eigenvalue weighted by Gasteiger charge is 2.07. The second kappa shape index (κ2) is 8.97. The molecule has 0 saturated heterocycles. The van der Waals surface area contributed by atoms with Gasteiger partial charge in [-0.1, -0.05) is 51.8 Å². The average Bonchev–Trinajstić information content (AvgIpc) is 2.67. The van der Waals surface area contributed by atoms with Gasteiger partial charge in [-0.15, -0.1) is 0 Å². The molecule has 0 unspecified atom stereocenters. The molecule has 0 fully saturated rings. The Morgan fingerprint density at radius 1 is 1.11 bits per heavy atom. The standard InChI is InChI=1S/C20H17BrClN3O2/c21-16-6-4-14(5-7-16)13-23-19(26)10-11-25-20(27)9-8-18(24-25)15-2-1-3-17(22)12-15/h1-9,12H,10-11,13H2,(H,23,26). The van der Waals surface area contributed by atoms with Crippen LogP contribution in [0.3, 0.4) is 0 Å². The van der Waals surface area contributed by atoms with Crippen molar-refractivity contribution in [3.8, 4) is 11.3 Å². The van der Waals surface area contributed by atoms with Gasteiger partial charge in [0.25, 0.3) is 5.56 Å². The number of rotatable bonds is 6. The Bertz CT molecular complexity index is 1000. The Hall–Kier alpha value is -2.44. The first kappa shape index (κ1) is 19.3. The zero-order chi connectivity index (χ0) is 19.2. The number of aryl methyl sites for hydroxylation is 1. The van der Waals surface area contributed by atoms with E-state index < -0.39 is 0 Å². The molecule has 3 rings (SSSR count). The van der Waals surface area contributed by atoms with Gasteiger partial charge in [0.15, 0.2) is 0 Å². The molecule has 138 valence electrons. The van der Waals surface area contributed by atoms with Gasteiger partial charge in [0.1, 0.15) is 0 Å². The lowest BCUT2D eigenvalue weighted by Crippen LogP contribution is -2.28. The van der Waals surface area contributed by atoms with E-state index in [1.807, 2.05) is 36.4 Å². The van der Waals surface area contributed by atoms with Crippen LogP contribution < -0.4 is 10.9 Å². The van der Waals surface area contributed by atoms with E-state index in [0.29, 0.717) is 17.3 Å². The van der Waals surface area contributed by atoms with Crippen LogP contribution in [0.15, 0.2) is 69.9 Å². The lowest BCUT2D eigenvalue weighted by Gasteiger charge is -2.08. The minimum Gasteiger partial charge on any atom is -0.352 e. The van der Waals surface area contributed by atoms with Crippen molar-refractivity contribution >= 4 is 33.4 Å². The van der Waals surface area contributed by atoms with E-state index in [2.05, 4.69) is 26.3 Å². The maximum Gasteiger partial charge on any atom is 0.266 e. The van der Waals surface area contributed by atoms with Gasteiger partial charge in [-0.25, -0.2) is 4.68 Å². The van der Waals surface area contributed by atoms with E-state index in [1.165, 1.54) is 10.7 Å². The summed E-state index contributed by atoms with van der Waals surface area (Å²) in [5, 5.41) is 7.79. The fourth-order valence-electron chi connectivity index (χ4n) is 2.51. The Kier molecular flexibility index (Phi) is 6.42. The summed E-state index contributed by atoms with van der Waals surface area (Å²) in [4.78, 5) is 24.1. The second-order valence-electron chi connectivity index (χ2n) is 5.94. The number of aromatic nitrogens is 2. The van der Waals surface area contributed by atoms with Gasteiger partial charge in [-0.3, -0.25) is 9.59 Å². The van der Waals surface area contributed by atoms with Gasteiger partial charge in [-0.2, -0.15) is 5.10 Å². The number of nitrogens with one attached hydrogen (secondary N) is 1. The van der Waals surface area contributed by atoms with E-state index in [1.54, 1.807) is 18.2 Å². The normalized spacial score (nSPS) is 10.6. The number of nitrogens with zero attached hydrogens (tertiary/aromatic N) is 2. The second-order valence-corrected chi connectivity index (χ2v) is 7.30. The number of benzene rings is 2. The minimum absolute atomic E-state index is 0.139. The van der Waals surface area contributed by atoms with Crippen molar-refractivity contribution in [3.05, 3.63) is 86.1 Å². The minimum atomic E-state index is -0.249. The van der Waals surface area contributed by atoms with Crippen molar-refractivity contribution < 1.29 is 4.79 Å². The van der Waals surface area contributed by atoms with Crippen LogP contribution in [0.25, 0.3) is 11.3 Å². The summed E-state index contributed by atoms with van der Waals surface area (Å²) in [6.45, 7) is 0.649. The van der Waals surface area contributed by atoms with Crippen LogP contribution in [-0.4, -0.2) is 15.7 Å². The average molecular weight is 447 g/mol. The molecular weight excluding hydrogens is 430 g/mol. The first-order valence-electron chi connectivity index (χ1n) is 8.36.